The van der Waals surface area contributed by atoms with Crippen LogP contribution < -0.4 is 5.32 Å². The van der Waals surface area contributed by atoms with Crippen molar-refractivity contribution in [1.29, 1.82) is 0 Å². The average molecular weight is 278 g/mol. The Morgan fingerprint density at radius 3 is 2.89 bits per heavy atom. The first-order chi connectivity index (χ1) is 9.24. The van der Waals surface area contributed by atoms with Crippen LogP contribution in [0.4, 0.5) is 0 Å². The van der Waals surface area contributed by atoms with E-state index in [0.29, 0.717) is 0 Å². The van der Waals surface area contributed by atoms with E-state index in [0.717, 1.165) is 42.5 Å². The highest BCUT2D eigenvalue weighted by Gasteiger charge is 2.16. The smallest absolute Gasteiger partial charge is 0.110 e. The van der Waals surface area contributed by atoms with Crippen LogP contribution in [0.5, 0.6) is 0 Å². The van der Waals surface area contributed by atoms with Crippen molar-refractivity contribution in [3.05, 3.63) is 34.3 Å². The second-order valence-corrected chi connectivity index (χ2v) is 5.69. The monoisotopic (exact) mass is 278 g/mol. The minimum Gasteiger partial charge on any atom is -0.335 e. The van der Waals surface area contributed by atoms with Crippen molar-refractivity contribution in [1.82, 2.24) is 19.9 Å². The lowest BCUT2D eigenvalue weighted by Crippen LogP contribution is -2.25. The molecule has 5 heteroatoms. The molecular weight excluding hydrogens is 256 g/mol. The first-order valence-electron chi connectivity index (χ1n) is 6.90. The molecule has 0 saturated heterocycles. The molecule has 1 N–H and O–H groups in total. The predicted octanol–water partition coefficient (Wildman–Crippen LogP) is 2.95. The number of rotatable bonds is 7. The van der Waals surface area contributed by atoms with Gasteiger partial charge in [-0.15, -0.1) is 11.3 Å². The fourth-order valence-corrected chi connectivity index (χ4v) is 2.81. The Bertz CT molecular complexity index is 503. The molecule has 0 spiro atoms. The second-order valence-electron chi connectivity index (χ2n) is 4.63. The van der Waals surface area contributed by atoms with Crippen molar-refractivity contribution in [3.8, 4) is 0 Å². The molecule has 2 aromatic heterocycles. The van der Waals surface area contributed by atoms with Crippen molar-refractivity contribution in [2.75, 3.05) is 6.54 Å². The molecule has 19 heavy (non-hydrogen) atoms. The van der Waals surface area contributed by atoms with Crippen LogP contribution in [0, 0.1) is 6.92 Å². The molecule has 1 atom stereocenters. The van der Waals surface area contributed by atoms with Crippen molar-refractivity contribution in [2.24, 2.45) is 0 Å². The van der Waals surface area contributed by atoms with Gasteiger partial charge in [0.15, 0.2) is 0 Å². The van der Waals surface area contributed by atoms with Gasteiger partial charge in [-0.05, 0) is 26.8 Å². The van der Waals surface area contributed by atoms with Gasteiger partial charge in [0.2, 0.25) is 0 Å². The Morgan fingerprint density at radius 2 is 2.26 bits per heavy atom. The molecular formula is C14H22N4S. The highest BCUT2D eigenvalue weighted by atomic mass is 32.1. The Balaban J connectivity index is 2.14. The van der Waals surface area contributed by atoms with Crippen LogP contribution in [0.1, 0.15) is 42.8 Å². The summed E-state index contributed by atoms with van der Waals surface area (Å²) in [6.45, 7) is 8.36. The van der Waals surface area contributed by atoms with E-state index in [9.17, 15) is 0 Å². The number of thiazole rings is 1. The molecule has 0 bridgehead atoms. The van der Waals surface area contributed by atoms with Gasteiger partial charge in [-0.3, -0.25) is 0 Å². The summed E-state index contributed by atoms with van der Waals surface area (Å²) in [5, 5.41) is 6.86. The summed E-state index contributed by atoms with van der Waals surface area (Å²) in [6.07, 6.45) is 5.94. The Kier molecular flexibility index (Phi) is 5.10. The first kappa shape index (κ1) is 14.2. The second kappa shape index (κ2) is 6.82. The fraction of sp³-hybridized carbons (Fsp3) is 0.571. The molecule has 2 aromatic rings. The molecule has 2 rings (SSSR count). The quantitative estimate of drug-likeness (QED) is 0.846. The van der Waals surface area contributed by atoms with E-state index in [4.69, 9.17) is 0 Å². The maximum absolute atomic E-state index is 4.62. The number of aryl methyl sites for hydroxylation is 2. The van der Waals surface area contributed by atoms with Gasteiger partial charge < -0.3 is 9.88 Å². The summed E-state index contributed by atoms with van der Waals surface area (Å²) in [7, 11) is 0. The number of imidazole rings is 1. The minimum atomic E-state index is 0.262. The molecule has 0 amide bonds. The zero-order valence-electron chi connectivity index (χ0n) is 11.9. The van der Waals surface area contributed by atoms with Crippen molar-refractivity contribution >= 4 is 11.3 Å². The van der Waals surface area contributed by atoms with Crippen molar-refractivity contribution in [3.63, 3.8) is 0 Å². The van der Waals surface area contributed by atoms with Crippen LogP contribution >= 0.6 is 11.3 Å². The zero-order valence-corrected chi connectivity index (χ0v) is 12.7. The van der Waals surface area contributed by atoms with Crippen LogP contribution in [0.15, 0.2) is 17.8 Å². The van der Waals surface area contributed by atoms with Crippen molar-refractivity contribution in [2.45, 2.75) is 46.2 Å². The summed E-state index contributed by atoms with van der Waals surface area (Å²) in [5.41, 5.74) is 1.14. The lowest BCUT2D eigenvalue weighted by Gasteiger charge is -2.16. The van der Waals surface area contributed by atoms with Gasteiger partial charge in [-0.2, -0.15) is 0 Å². The Morgan fingerprint density at radius 1 is 1.42 bits per heavy atom. The largest absolute Gasteiger partial charge is 0.335 e. The maximum atomic E-state index is 4.62. The molecule has 2 heterocycles. The number of hydrogen-bond donors (Lipinski definition) is 1. The normalized spacial score (nSPS) is 12.8. The molecule has 0 radical (unpaired) electrons. The van der Waals surface area contributed by atoms with Gasteiger partial charge in [-0.1, -0.05) is 6.92 Å². The van der Waals surface area contributed by atoms with Crippen LogP contribution in [-0.2, 0) is 13.0 Å². The molecule has 0 aliphatic carbocycles. The lowest BCUT2D eigenvalue weighted by molar-refractivity contribution is 0.498. The predicted molar refractivity (Wildman–Crippen MR) is 79.5 cm³/mol. The number of hydrogen-bond acceptors (Lipinski definition) is 4. The third-order valence-corrected chi connectivity index (χ3v) is 3.96. The summed E-state index contributed by atoms with van der Waals surface area (Å²) in [4.78, 5) is 9.08. The lowest BCUT2D eigenvalue weighted by atomic mass is 10.1. The molecule has 0 fully saturated rings. The summed E-state index contributed by atoms with van der Waals surface area (Å²) < 4.78 is 2.19. The van der Waals surface area contributed by atoms with Gasteiger partial charge in [0.05, 0.1) is 16.7 Å². The van der Waals surface area contributed by atoms with E-state index in [1.54, 1.807) is 11.3 Å². The summed E-state index contributed by atoms with van der Waals surface area (Å²) in [6, 6.07) is 0.262. The van der Waals surface area contributed by atoms with E-state index in [-0.39, 0.29) is 6.04 Å². The van der Waals surface area contributed by atoms with Gasteiger partial charge in [0, 0.05) is 30.7 Å². The number of nitrogens with zero attached hydrogens (tertiary/aromatic N) is 3. The summed E-state index contributed by atoms with van der Waals surface area (Å²) in [5.74, 6) is 1.13. The molecule has 4 nitrogen and oxygen atoms in total. The van der Waals surface area contributed by atoms with Gasteiger partial charge in [0.25, 0.3) is 0 Å². The Labute approximate surface area is 118 Å². The van der Waals surface area contributed by atoms with E-state index in [1.807, 2.05) is 12.4 Å². The van der Waals surface area contributed by atoms with E-state index in [2.05, 4.69) is 46.0 Å². The fourth-order valence-electron chi connectivity index (χ4n) is 2.14. The van der Waals surface area contributed by atoms with Gasteiger partial charge >= 0.3 is 0 Å². The zero-order chi connectivity index (χ0) is 13.7. The highest BCUT2D eigenvalue weighted by molar-refractivity contribution is 7.09. The standard InChI is InChI=1S/C14H22N4S/c1-4-6-15-12(13-10-19-11(3)17-13)9-14-16-7-8-18(14)5-2/h7-8,10,12,15H,4-6,9H2,1-3H3. The van der Waals surface area contributed by atoms with Crippen LogP contribution in [0.2, 0.25) is 0 Å². The molecule has 104 valence electrons. The first-order valence-corrected chi connectivity index (χ1v) is 7.78. The Hall–Kier alpha value is -1.20. The molecule has 0 aliphatic heterocycles. The molecule has 0 aliphatic rings. The number of aromatic nitrogens is 3. The van der Waals surface area contributed by atoms with Gasteiger partial charge in [0.1, 0.15) is 5.82 Å². The van der Waals surface area contributed by atoms with E-state index < -0.39 is 0 Å². The van der Waals surface area contributed by atoms with Crippen LogP contribution in [0.25, 0.3) is 0 Å². The van der Waals surface area contributed by atoms with E-state index in [1.165, 1.54) is 0 Å². The highest BCUT2D eigenvalue weighted by Crippen LogP contribution is 2.20. The number of nitrogens with one attached hydrogen (secondary N) is 1. The minimum absolute atomic E-state index is 0.262. The molecule has 0 saturated carbocycles. The molecule has 1 unspecified atom stereocenters. The van der Waals surface area contributed by atoms with Crippen LogP contribution in [-0.4, -0.2) is 21.1 Å². The average Bonchev–Trinajstić information content (AvgIpc) is 3.02. The van der Waals surface area contributed by atoms with E-state index >= 15 is 0 Å². The third kappa shape index (κ3) is 3.64. The van der Waals surface area contributed by atoms with Gasteiger partial charge in [-0.25, -0.2) is 9.97 Å². The summed E-state index contributed by atoms with van der Waals surface area (Å²) >= 11 is 1.71. The topological polar surface area (TPSA) is 42.7 Å². The molecule has 0 aromatic carbocycles. The third-order valence-electron chi connectivity index (χ3n) is 3.16. The maximum Gasteiger partial charge on any atom is 0.110 e. The van der Waals surface area contributed by atoms with Crippen LogP contribution in [0.3, 0.4) is 0 Å². The van der Waals surface area contributed by atoms with Crippen molar-refractivity contribution < 1.29 is 0 Å². The SMILES string of the molecule is CCCNC(Cc1nccn1CC)c1csc(C)n1.